The summed E-state index contributed by atoms with van der Waals surface area (Å²) in [6, 6.07) is 0. The standard InChI is InChI=1S/C72H116O6/c1-4-7-10-13-16-19-22-25-28-30-32-33-34-35-36-37-38-39-40-42-44-47-50-53-56-59-62-65-71(74)77-68-69(67-76-70(73)64-61-58-55-52-49-46-43-27-24-21-18-15-12-9-6-3)78-72(75)66-63-60-57-54-51-48-45-41-31-29-26-23-20-17-14-11-8-5-2/h7,9-10,12,16,18-21,23,25,27-29,31-33,35-36,38-39,42-44,69H,4-6,8,11,13-15,17,22,24,26,30,34,37,40-41,45-68H2,1-3H3/b10-7-,12-9-,19-16-,21-18-,23-20-,28-25-,31-29-,33-32-,36-35-,39-38-,43-27-,44-42-. The zero-order valence-corrected chi connectivity index (χ0v) is 50.4. The molecule has 0 aliphatic heterocycles. The summed E-state index contributed by atoms with van der Waals surface area (Å²) in [6.45, 7) is 6.36. The molecule has 0 radical (unpaired) electrons. The molecule has 1 atom stereocenters. The second-order valence-corrected chi connectivity index (χ2v) is 20.5. The van der Waals surface area contributed by atoms with Gasteiger partial charge in [0, 0.05) is 19.3 Å². The van der Waals surface area contributed by atoms with Crippen molar-refractivity contribution in [1.29, 1.82) is 0 Å². The highest BCUT2D eigenvalue weighted by Gasteiger charge is 2.19. The second-order valence-electron chi connectivity index (χ2n) is 20.5. The van der Waals surface area contributed by atoms with Crippen LogP contribution in [0.2, 0.25) is 0 Å². The molecule has 440 valence electrons. The monoisotopic (exact) mass is 1080 g/mol. The molecule has 0 aromatic heterocycles. The van der Waals surface area contributed by atoms with Gasteiger partial charge in [0.1, 0.15) is 13.2 Å². The molecule has 0 aromatic rings. The van der Waals surface area contributed by atoms with Crippen LogP contribution in [0.5, 0.6) is 0 Å². The summed E-state index contributed by atoms with van der Waals surface area (Å²) >= 11 is 0. The fourth-order valence-electron chi connectivity index (χ4n) is 8.35. The van der Waals surface area contributed by atoms with Crippen molar-refractivity contribution >= 4 is 17.9 Å². The van der Waals surface area contributed by atoms with E-state index in [2.05, 4.69) is 167 Å². The molecule has 78 heavy (non-hydrogen) atoms. The average molecular weight is 1080 g/mol. The first-order valence-corrected chi connectivity index (χ1v) is 31.8. The highest BCUT2D eigenvalue weighted by molar-refractivity contribution is 5.71. The minimum absolute atomic E-state index is 0.102. The summed E-state index contributed by atoms with van der Waals surface area (Å²) in [4.78, 5) is 38.3. The van der Waals surface area contributed by atoms with Crippen LogP contribution >= 0.6 is 0 Å². The maximum absolute atomic E-state index is 12.9. The summed E-state index contributed by atoms with van der Waals surface area (Å²) in [7, 11) is 0. The van der Waals surface area contributed by atoms with Crippen molar-refractivity contribution in [2.75, 3.05) is 13.2 Å². The van der Waals surface area contributed by atoms with E-state index in [1.165, 1.54) is 57.8 Å². The lowest BCUT2D eigenvalue weighted by atomic mass is 10.1. The van der Waals surface area contributed by atoms with Gasteiger partial charge in [-0.25, -0.2) is 0 Å². The van der Waals surface area contributed by atoms with E-state index in [1.807, 2.05) is 0 Å². The topological polar surface area (TPSA) is 78.9 Å². The Morgan fingerprint density at radius 1 is 0.269 bits per heavy atom. The van der Waals surface area contributed by atoms with Gasteiger partial charge in [0.15, 0.2) is 6.10 Å². The molecule has 1 unspecified atom stereocenters. The number of esters is 3. The van der Waals surface area contributed by atoms with Gasteiger partial charge in [0.05, 0.1) is 0 Å². The van der Waals surface area contributed by atoms with Crippen LogP contribution in [0.25, 0.3) is 0 Å². The van der Waals surface area contributed by atoms with Crippen LogP contribution in [-0.2, 0) is 28.6 Å². The highest BCUT2D eigenvalue weighted by Crippen LogP contribution is 2.14. The van der Waals surface area contributed by atoms with Crippen molar-refractivity contribution in [3.8, 4) is 0 Å². The number of hydrogen-bond donors (Lipinski definition) is 0. The molecule has 0 saturated carbocycles. The normalized spacial score (nSPS) is 13.1. The number of rotatable bonds is 56. The lowest BCUT2D eigenvalue weighted by Crippen LogP contribution is -2.30. The van der Waals surface area contributed by atoms with Gasteiger partial charge in [-0.1, -0.05) is 256 Å². The maximum Gasteiger partial charge on any atom is 0.306 e. The Balaban J connectivity index is 4.45. The molecule has 6 heteroatoms. The van der Waals surface area contributed by atoms with E-state index in [4.69, 9.17) is 14.2 Å². The molecule has 0 fully saturated rings. The molecule has 0 bridgehead atoms. The Hall–Kier alpha value is -4.71. The number of carbonyl (C=O) groups is 3. The molecule has 0 aromatic carbocycles. The van der Waals surface area contributed by atoms with Crippen molar-refractivity contribution in [3.05, 3.63) is 146 Å². The zero-order chi connectivity index (χ0) is 56.4. The molecule has 0 N–H and O–H groups in total. The summed E-state index contributed by atoms with van der Waals surface area (Å²) in [5.74, 6) is -0.945. The van der Waals surface area contributed by atoms with Gasteiger partial charge in [-0.05, 0) is 141 Å². The van der Waals surface area contributed by atoms with Gasteiger partial charge < -0.3 is 14.2 Å². The van der Waals surface area contributed by atoms with Crippen molar-refractivity contribution in [2.24, 2.45) is 0 Å². The molecule has 0 spiro atoms. The molecular weight excluding hydrogens is 961 g/mol. The third-order valence-electron chi connectivity index (χ3n) is 13.1. The van der Waals surface area contributed by atoms with E-state index in [-0.39, 0.29) is 31.1 Å². The predicted octanol–water partition coefficient (Wildman–Crippen LogP) is 21.9. The van der Waals surface area contributed by atoms with Gasteiger partial charge in [0.25, 0.3) is 0 Å². The van der Waals surface area contributed by atoms with Crippen molar-refractivity contribution in [1.82, 2.24) is 0 Å². The fraction of sp³-hybridized carbons (Fsp3) is 0.625. The van der Waals surface area contributed by atoms with Crippen molar-refractivity contribution in [3.63, 3.8) is 0 Å². The van der Waals surface area contributed by atoms with E-state index in [0.29, 0.717) is 19.3 Å². The van der Waals surface area contributed by atoms with E-state index in [9.17, 15) is 14.4 Å². The number of hydrogen-bond acceptors (Lipinski definition) is 6. The molecule has 6 nitrogen and oxygen atoms in total. The van der Waals surface area contributed by atoms with Crippen LogP contribution in [0.1, 0.15) is 271 Å². The SMILES string of the molecule is CC/C=C\C/C=C\C/C=C\C/C=C\C/C=C\C/C=C\C/C=C\CCCCCCCC(=O)OCC(COC(=O)CCCCCCC/C=C\C/C=C\C/C=C\CC)OC(=O)CCCCCCCCC/C=C\C/C=C\CCCCCC. The van der Waals surface area contributed by atoms with Crippen molar-refractivity contribution < 1.29 is 28.6 Å². The molecule has 0 aliphatic carbocycles. The quantitative estimate of drug-likeness (QED) is 0.0261. The lowest BCUT2D eigenvalue weighted by molar-refractivity contribution is -0.167. The molecule has 0 saturated heterocycles. The minimum Gasteiger partial charge on any atom is -0.462 e. The third kappa shape index (κ3) is 62.1. The van der Waals surface area contributed by atoms with Crippen molar-refractivity contribution in [2.45, 2.75) is 277 Å². The molecular formula is C72H116O6. The predicted molar refractivity (Wildman–Crippen MR) is 339 cm³/mol. The molecule has 0 heterocycles. The van der Waals surface area contributed by atoms with E-state index in [0.717, 1.165) is 173 Å². The van der Waals surface area contributed by atoms with Gasteiger partial charge in [-0.15, -0.1) is 0 Å². The Morgan fingerprint density at radius 2 is 0.500 bits per heavy atom. The first-order chi connectivity index (χ1) is 38.5. The van der Waals surface area contributed by atoms with E-state index in [1.54, 1.807) is 0 Å². The van der Waals surface area contributed by atoms with Gasteiger partial charge >= 0.3 is 17.9 Å². The summed E-state index contributed by atoms with van der Waals surface area (Å²) in [6.07, 6.45) is 92.7. The first kappa shape index (κ1) is 73.3. The lowest BCUT2D eigenvalue weighted by Gasteiger charge is -2.18. The molecule has 0 rings (SSSR count). The zero-order valence-electron chi connectivity index (χ0n) is 50.4. The van der Waals surface area contributed by atoms with E-state index >= 15 is 0 Å². The highest BCUT2D eigenvalue weighted by atomic mass is 16.6. The van der Waals surface area contributed by atoms with Crippen LogP contribution in [0.3, 0.4) is 0 Å². The van der Waals surface area contributed by atoms with Crippen LogP contribution in [0.15, 0.2) is 146 Å². The fourth-order valence-corrected chi connectivity index (χ4v) is 8.35. The Kier molecular flexibility index (Phi) is 60.9. The van der Waals surface area contributed by atoms with Gasteiger partial charge in [0.2, 0.25) is 0 Å². The van der Waals surface area contributed by atoms with Gasteiger partial charge in [-0.3, -0.25) is 14.4 Å². The number of unbranched alkanes of at least 4 members (excludes halogenated alkanes) is 21. The number of carbonyl (C=O) groups excluding carboxylic acids is 3. The summed E-state index contributed by atoms with van der Waals surface area (Å²) in [5, 5.41) is 0. The Morgan fingerprint density at radius 3 is 0.782 bits per heavy atom. The second kappa shape index (κ2) is 64.8. The Labute approximate surface area is 480 Å². The van der Waals surface area contributed by atoms with Crippen LogP contribution < -0.4 is 0 Å². The first-order valence-electron chi connectivity index (χ1n) is 31.8. The summed E-state index contributed by atoms with van der Waals surface area (Å²) in [5.41, 5.74) is 0. The third-order valence-corrected chi connectivity index (χ3v) is 13.1. The largest absolute Gasteiger partial charge is 0.462 e. The smallest absolute Gasteiger partial charge is 0.306 e. The van der Waals surface area contributed by atoms with Crippen LogP contribution in [0, 0.1) is 0 Å². The molecule has 0 aliphatic rings. The number of ether oxygens (including phenoxy) is 3. The van der Waals surface area contributed by atoms with E-state index < -0.39 is 6.10 Å². The van der Waals surface area contributed by atoms with Crippen LogP contribution in [-0.4, -0.2) is 37.2 Å². The van der Waals surface area contributed by atoms with Gasteiger partial charge in [-0.2, -0.15) is 0 Å². The molecule has 0 amide bonds. The summed E-state index contributed by atoms with van der Waals surface area (Å²) < 4.78 is 16.9. The minimum atomic E-state index is -0.806. The number of allylic oxidation sites excluding steroid dienone is 24. The average Bonchev–Trinajstić information content (AvgIpc) is 3.44. The Bertz CT molecular complexity index is 1710. The maximum atomic E-state index is 12.9. The van der Waals surface area contributed by atoms with Crippen LogP contribution in [0.4, 0.5) is 0 Å².